The zero-order valence-corrected chi connectivity index (χ0v) is 29.1. The summed E-state index contributed by atoms with van der Waals surface area (Å²) in [6.45, 7) is -1.88. The van der Waals surface area contributed by atoms with Crippen LogP contribution in [-0.2, 0) is 20.2 Å². The number of benzene rings is 4. The van der Waals surface area contributed by atoms with E-state index in [9.17, 15) is 68.6 Å². The lowest BCUT2D eigenvalue weighted by Crippen LogP contribution is -2.04. The Hall–Kier alpha value is -4.26. The molecule has 52 heavy (non-hydrogen) atoms. The molecular formula is C26H29N5O17S4. The summed E-state index contributed by atoms with van der Waals surface area (Å²) in [4.78, 5) is -3.10. The summed E-state index contributed by atoms with van der Waals surface area (Å²) in [5.41, 5.74) is 3.15. The first-order valence-electron chi connectivity index (χ1n) is 13.7. The van der Waals surface area contributed by atoms with E-state index in [1.165, 1.54) is 0 Å². The minimum Gasteiger partial charge on any atom is -0.505 e. The summed E-state index contributed by atoms with van der Waals surface area (Å²) in [5.74, 6) is -1.45. The summed E-state index contributed by atoms with van der Waals surface area (Å²) in [7, 11) is -19.0. The van der Waals surface area contributed by atoms with Crippen LogP contribution in [0.15, 0.2) is 88.6 Å². The molecule has 4 aromatic carbocycles. The third kappa shape index (κ3) is 9.39. The van der Waals surface area contributed by atoms with E-state index in [4.69, 9.17) is 15.2 Å². The molecule has 0 aliphatic heterocycles. The van der Waals surface area contributed by atoms with Crippen molar-refractivity contribution in [1.82, 2.24) is 0 Å². The number of nitrogen functional groups attached to an aromatic ring is 1. The largest absolute Gasteiger partial charge is 0.505 e. The summed E-state index contributed by atoms with van der Waals surface area (Å²) < 4.78 is 137. The van der Waals surface area contributed by atoms with Crippen LogP contribution in [-0.4, -0.2) is 95.0 Å². The standard InChI is InChI=1S/C26H29N5O17S4/c27-16-10-15-13(7-23(16)51(41,42)43)8-24(52(44,45)46)25(26(15)34)31-29-18-12-20(47-5-3-32)17(11-21(18)48-6-4-33)28-30-19-9-14(49(35,36)37)1-2-22(19)50(38,39)40/h1-2,7-12,32-37,44-46H,3-6,27H2,(H,38,39,40)(H,41,42,43). The van der Waals surface area contributed by atoms with Gasteiger partial charge in [-0.1, -0.05) is 0 Å². The van der Waals surface area contributed by atoms with Gasteiger partial charge in [0.2, 0.25) is 0 Å². The van der Waals surface area contributed by atoms with Crippen LogP contribution in [0.3, 0.4) is 0 Å². The number of phenolic OH excluding ortho intramolecular Hbond substituents is 1. The maximum absolute atomic E-state index is 11.9. The van der Waals surface area contributed by atoms with Gasteiger partial charge in [0.1, 0.15) is 79.0 Å². The molecule has 0 heterocycles. The molecule has 13 N–H and O–H groups in total. The second-order valence-electron chi connectivity index (χ2n) is 10.1. The molecule has 0 radical (unpaired) electrons. The van der Waals surface area contributed by atoms with Gasteiger partial charge in [0.15, 0.2) is 5.75 Å². The molecule has 4 rings (SSSR count). The first kappa shape index (κ1) is 40.5. The fourth-order valence-electron chi connectivity index (χ4n) is 4.33. The van der Waals surface area contributed by atoms with Crippen molar-refractivity contribution < 1.29 is 78.1 Å². The van der Waals surface area contributed by atoms with Crippen molar-refractivity contribution >= 4 is 81.2 Å². The smallest absolute Gasteiger partial charge is 0.296 e. The highest BCUT2D eigenvalue weighted by Crippen LogP contribution is 2.55. The topological polar surface area (TPSA) is 385 Å². The lowest BCUT2D eigenvalue weighted by molar-refractivity contribution is 0.198. The number of aliphatic hydroxyl groups excluding tert-OH is 2. The fourth-order valence-corrected chi connectivity index (χ4v) is 6.77. The van der Waals surface area contributed by atoms with E-state index in [-0.39, 0.29) is 40.3 Å². The number of nitrogens with two attached hydrogens (primary N) is 1. The molecule has 0 saturated heterocycles. The molecule has 0 bridgehead atoms. The molecule has 0 aliphatic carbocycles. The number of rotatable bonds is 14. The molecular weight excluding hydrogens is 783 g/mol. The van der Waals surface area contributed by atoms with E-state index in [0.717, 1.165) is 36.4 Å². The normalized spacial score (nSPS) is 13.7. The maximum atomic E-state index is 11.9. The molecule has 0 fully saturated rings. The molecule has 0 spiro atoms. The van der Waals surface area contributed by atoms with Gasteiger partial charge >= 0.3 is 0 Å². The Morgan fingerprint density at radius 2 is 1.10 bits per heavy atom. The van der Waals surface area contributed by atoms with E-state index >= 15 is 0 Å². The van der Waals surface area contributed by atoms with Gasteiger partial charge in [-0.15, -0.1) is 20.5 Å². The van der Waals surface area contributed by atoms with Gasteiger partial charge in [0.05, 0.1) is 28.7 Å². The molecule has 284 valence electrons. The van der Waals surface area contributed by atoms with Crippen LogP contribution in [0.5, 0.6) is 17.2 Å². The predicted molar refractivity (Wildman–Crippen MR) is 184 cm³/mol. The Morgan fingerprint density at radius 1 is 0.596 bits per heavy atom. The second kappa shape index (κ2) is 15.4. The SMILES string of the molecule is Nc1cc2c(O)c(N=Nc3cc(OCCO)c(N=Nc4cc(S(O)(O)O)ccc4S(=O)(=O)O)cc3OCCO)c(S(O)(O)O)cc2cc1S(=O)(=O)O. The van der Waals surface area contributed by atoms with Crippen molar-refractivity contribution in [2.45, 2.75) is 19.6 Å². The van der Waals surface area contributed by atoms with E-state index < -0.39 is 104 Å². The number of hydrogen-bond donors (Lipinski definition) is 12. The van der Waals surface area contributed by atoms with Gasteiger partial charge in [0.25, 0.3) is 20.2 Å². The molecule has 0 amide bonds. The maximum Gasteiger partial charge on any atom is 0.296 e. The summed E-state index contributed by atoms with van der Waals surface area (Å²) in [6, 6.07) is 6.87. The number of aliphatic hydroxyl groups is 2. The van der Waals surface area contributed by atoms with Gasteiger partial charge < -0.3 is 57.8 Å². The van der Waals surface area contributed by atoms with Crippen LogP contribution < -0.4 is 15.2 Å². The van der Waals surface area contributed by atoms with Crippen LogP contribution in [0.25, 0.3) is 10.8 Å². The minimum absolute atomic E-state index is 0.235. The van der Waals surface area contributed by atoms with E-state index in [0.29, 0.717) is 12.1 Å². The Kier molecular flexibility index (Phi) is 12.0. The fraction of sp³-hybridized carbons (Fsp3) is 0.154. The minimum atomic E-state index is -4.98. The van der Waals surface area contributed by atoms with Crippen molar-refractivity contribution in [3.63, 3.8) is 0 Å². The first-order valence-corrected chi connectivity index (χ1v) is 19.6. The molecule has 0 atom stereocenters. The molecule has 0 saturated carbocycles. The Bertz CT molecular complexity index is 2290. The van der Waals surface area contributed by atoms with Crippen molar-refractivity contribution in [3.8, 4) is 17.2 Å². The third-order valence-corrected chi connectivity index (χ3v) is 10.1. The molecule has 4 aromatic rings. The van der Waals surface area contributed by atoms with Crippen LogP contribution >= 0.6 is 21.7 Å². The molecule has 0 aromatic heterocycles. The highest BCUT2D eigenvalue weighted by molar-refractivity contribution is 8.19. The number of ether oxygens (including phenoxy) is 2. The van der Waals surface area contributed by atoms with Crippen LogP contribution in [0.1, 0.15) is 0 Å². The summed E-state index contributed by atoms with van der Waals surface area (Å²) in [5, 5.41) is 44.7. The number of phenols is 1. The van der Waals surface area contributed by atoms with Crippen LogP contribution in [0, 0.1) is 0 Å². The predicted octanol–water partition coefficient (Wildman–Crippen LogP) is 5.36. The Labute approximate surface area is 296 Å². The number of nitrogens with zero attached hydrogens (tertiary/aromatic N) is 4. The number of anilines is 1. The number of fused-ring (bicyclic) bond motifs is 1. The third-order valence-electron chi connectivity index (χ3n) is 6.54. The highest BCUT2D eigenvalue weighted by Gasteiger charge is 2.28. The average Bonchev–Trinajstić information content (AvgIpc) is 3.03. The molecule has 26 heteroatoms. The van der Waals surface area contributed by atoms with Crippen LogP contribution in [0.4, 0.5) is 28.4 Å². The zero-order valence-electron chi connectivity index (χ0n) is 25.8. The van der Waals surface area contributed by atoms with Gasteiger partial charge in [-0.2, -0.15) is 16.8 Å². The number of azo groups is 2. The Morgan fingerprint density at radius 3 is 1.58 bits per heavy atom. The quantitative estimate of drug-likeness (QED) is 0.0433. The van der Waals surface area contributed by atoms with Crippen molar-refractivity contribution in [2.24, 2.45) is 20.5 Å². The molecule has 0 aliphatic rings. The Balaban J connectivity index is 1.93. The van der Waals surface area contributed by atoms with E-state index in [2.05, 4.69) is 20.5 Å². The average molecular weight is 812 g/mol. The second-order valence-corrected chi connectivity index (χ2v) is 15.9. The lowest BCUT2D eigenvalue weighted by Gasteiger charge is -2.22. The first-order chi connectivity index (χ1) is 24.1. The van der Waals surface area contributed by atoms with Gasteiger partial charge in [-0.05, 0) is 41.8 Å². The van der Waals surface area contributed by atoms with E-state index in [1.807, 2.05) is 0 Å². The summed E-state index contributed by atoms with van der Waals surface area (Å²) >= 11 is 0. The summed E-state index contributed by atoms with van der Waals surface area (Å²) in [6.07, 6.45) is 0. The van der Waals surface area contributed by atoms with Crippen molar-refractivity contribution in [3.05, 3.63) is 48.5 Å². The van der Waals surface area contributed by atoms with Gasteiger partial charge in [-0.3, -0.25) is 9.11 Å². The lowest BCUT2D eigenvalue weighted by atomic mass is 10.1. The molecule has 22 nitrogen and oxygen atoms in total. The molecule has 0 unspecified atom stereocenters. The zero-order chi connectivity index (χ0) is 38.8. The highest BCUT2D eigenvalue weighted by atomic mass is 32.3. The van der Waals surface area contributed by atoms with Crippen molar-refractivity contribution in [2.75, 3.05) is 32.2 Å². The van der Waals surface area contributed by atoms with Gasteiger partial charge in [0, 0.05) is 17.5 Å². The van der Waals surface area contributed by atoms with E-state index in [1.54, 1.807) is 0 Å². The number of hydrogen-bond acceptors (Lipinski definition) is 20. The monoisotopic (exact) mass is 811 g/mol. The van der Waals surface area contributed by atoms with Gasteiger partial charge in [-0.25, -0.2) is 0 Å². The number of aromatic hydroxyl groups is 1. The van der Waals surface area contributed by atoms with Crippen molar-refractivity contribution in [1.29, 1.82) is 0 Å². The van der Waals surface area contributed by atoms with Crippen LogP contribution in [0.2, 0.25) is 0 Å².